The molecule has 0 spiro atoms. The van der Waals surface area contributed by atoms with Gasteiger partial charge >= 0.3 is 5.69 Å². The van der Waals surface area contributed by atoms with Crippen molar-refractivity contribution in [2.75, 3.05) is 27.2 Å². The Balaban J connectivity index is 2.73. The van der Waals surface area contributed by atoms with Crippen LogP contribution in [0.25, 0.3) is 0 Å². The number of likely N-dealkylation sites (N-methyl/N-ethyl adjacent to an activating group) is 1. The first-order valence-corrected chi connectivity index (χ1v) is 6.47. The second kappa shape index (κ2) is 6.34. The Kier molecular flexibility index (Phi) is 5.27. The molecule has 2 N–H and O–H groups in total. The molecular formula is C13H24N4O3. The molecule has 7 nitrogen and oxygen atoms in total. The van der Waals surface area contributed by atoms with Crippen molar-refractivity contribution >= 4 is 0 Å². The number of nitrogens with one attached hydrogen (secondary N) is 1. The van der Waals surface area contributed by atoms with Gasteiger partial charge in [-0.3, -0.25) is 9.36 Å². The maximum Gasteiger partial charge on any atom is 0.330 e. The number of hydrogen-bond donors (Lipinski definition) is 2. The van der Waals surface area contributed by atoms with E-state index in [1.165, 1.54) is 17.8 Å². The molecule has 0 aliphatic rings. The molecule has 0 fully saturated rings. The smallest absolute Gasteiger partial charge is 0.330 e. The van der Waals surface area contributed by atoms with Crippen LogP contribution in [0.1, 0.15) is 12.5 Å². The highest BCUT2D eigenvalue weighted by Gasteiger charge is 2.20. The molecule has 0 amide bonds. The van der Waals surface area contributed by atoms with Crippen molar-refractivity contribution in [2.24, 2.45) is 14.1 Å². The lowest BCUT2D eigenvalue weighted by atomic mass is 10.1. The highest BCUT2D eigenvalue weighted by atomic mass is 16.3. The molecule has 1 rings (SSSR count). The highest BCUT2D eigenvalue weighted by Crippen LogP contribution is 2.02. The quantitative estimate of drug-likeness (QED) is 0.664. The lowest BCUT2D eigenvalue weighted by Crippen LogP contribution is -2.46. The molecule has 1 atom stereocenters. The van der Waals surface area contributed by atoms with Crippen molar-refractivity contribution < 1.29 is 5.11 Å². The summed E-state index contributed by atoms with van der Waals surface area (Å²) in [6.45, 7) is 2.92. The molecule has 7 heteroatoms. The first kappa shape index (κ1) is 16.6. The molecule has 0 saturated heterocycles. The number of aromatic nitrogens is 2. The third kappa shape index (κ3) is 4.29. The van der Waals surface area contributed by atoms with E-state index >= 15 is 0 Å². The third-order valence-corrected chi connectivity index (χ3v) is 3.00. The monoisotopic (exact) mass is 284 g/mol. The Labute approximate surface area is 118 Å². The van der Waals surface area contributed by atoms with Gasteiger partial charge in [-0.2, -0.15) is 0 Å². The fraction of sp³-hybridized carbons (Fsp3) is 0.692. The Morgan fingerprint density at radius 3 is 2.50 bits per heavy atom. The van der Waals surface area contributed by atoms with Crippen molar-refractivity contribution in [1.29, 1.82) is 0 Å². The second-order valence-corrected chi connectivity index (χ2v) is 5.75. The summed E-state index contributed by atoms with van der Waals surface area (Å²) in [4.78, 5) is 25.4. The van der Waals surface area contributed by atoms with Crippen molar-refractivity contribution in [3.63, 3.8) is 0 Å². The van der Waals surface area contributed by atoms with Crippen molar-refractivity contribution in [3.8, 4) is 0 Å². The maximum atomic E-state index is 11.9. The second-order valence-electron chi connectivity index (χ2n) is 5.75. The largest absolute Gasteiger partial charge is 0.388 e. The normalized spacial score (nSPS) is 14.6. The molecule has 0 aromatic carbocycles. The van der Waals surface area contributed by atoms with Crippen LogP contribution < -0.4 is 16.6 Å². The molecule has 0 aliphatic carbocycles. The van der Waals surface area contributed by atoms with Crippen LogP contribution in [0.5, 0.6) is 0 Å². The van der Waals surface area contributed by atoms with Gasteiger partial charge in [-0.25, -0.2) is 4.79 Å². The van der Waals surface area contributed by atoms with E-state index in [4.69, 9.17) is 0 Å². The van der Waals surface area contributed by atoms with Gasteiger partial charge in [0.25, 0.3) is 5.56 Å². The zero-order valence-corrected chi connectivity index (χ0v) is 12.8. The Hall–Kier alpha value is -1.44. The number of nitrogens with zero attached hydrogens (tertiary/aromatic N) is 3. The van der Waals surface area contributed by atoms with E-state index in [0.717, 1.165) is 4.57 Å². The Bertz CT molecular complexity index is 572. The third-order valence-electron chi connectivity index (χ3n) is 3.00. The minimum absolute atomic E-state index is 0.310. The van der Waals surface area contributed by atoms with E-state index < -0.39 is 5.60 Å². The molecule has 0 bridgehead atoms. The van der Waals surface area contributed by atoms with Gasteiger partial charge in [0, 0.05) is 45.5 Å². The van der Waals surface area contributed by atoms with Crippen molar-refractivity contribution in [2.45, 2.75) is 19.1 Å². The summed E-state index contributed by atoms with van der Waals surface area (Å²) < 4.78 is 2.45. The van der Waals surface area contributed by atoms with Gasteiger partial charge in [0.1, 0.15) is 0 Å². The number of aryl methyl sites for hydroxylation is 1. The van der Waals surface area contributed by atoms with Crippen LogP contribution >= 0.6 is 0 Å². The van der Waals surface area contributed by atoms with Crippen molar-refractivity contribution in [1.82, 2.24) is 19.4 Å². The summed E-state index contributed by atoms with van der Waals surface area (Å²) in [7, 11) is 6.83. The summed E-state index contributed by atoms with van der Waals surface area (Å²) in [5, 5.41) is 13.2. The summed E-state index contributed by atoms with van der Waals surface area (Å²) in [6, 6.07) is 0. The van der Waals surface area contributed by atoms with Crippen LogP contribution in [0.4, 0.5) is 0 Å². The molecule has 1 unspecified atom stereocenters. The van der Waals surface area contributed by atoms with Gasteiger partial charge in [0.05, 0.1) is 5.60 Å². The predicted octanol–water partition coefficient (Wildman–Crippen LogP) is -1.51. The summed E-state index contributed by atoms with van der Waals surface area (Å²) >= 11 is 0. The zero-order valence-electron chi connectivity index (χ0n) is 12.8. The molecule has 0 aliphatic heterocycles. The van der Waals surface area contributed by atoms with Gasteiger partial charge in [0.2, 0.25) is 0 Å². The average Bonchev–Trinajstić information content (AvgIpc) is 2.31. The van der Waals surface area contributed by atoms with E-state index in [1.807, 2.05) is 19.0 Å². The van der Waals surface area contributed by atoms with Crippen LogP contribution in [0.3, 0.4) is 0 Å². The topological polar surface area (TPSA) is 79.5 Å². The van der Waals surface area contributed by atoms with Crippen LogP contribution in [0.15, 0.2) is 15.8 Å². The lowest BCUT2D eigenvalue weighted by Gasteiger charge is -2.27. The Morgan fingerprint density at radius 2 is 1.95 bits per heavy atom. The minimum atomic E-state index is -0.880. The first-order chi connectivity index (χ1) is 9.14. The summed E-state index contributed by atoms with van der Waals surface area (Å²) in [5.41, 5.74) is -1.04. The fourth-order valence-electron chi connectivity index (χ4n) is 2.21. The first-order valence-electron chi connectivity index (χ1n) is 6.47. The molecule has 114 valence electrons. The van der Waals surface area contributed by atoms with E-state index in [1.54, 1.807) is 14.0 Å². The van der Waals surface area contributed by atoms with Gasteiger partial charge in [-0.05, 0) is 21.0 Å². The molecule has 1 heterocycles. The van der Waals surface area contributed by atoms with Gasteiger partial charge in [-0.15, -0.1) is 0 Å². The van der Waals surface area contributed by atoms with Crippen LogP contribution in [0, 0.1) is 0 Å². The molecule has 1 aromatic rings. The predicted molar refractivity (Wildman–Crippen MR) is 77.8 cm³/mol. The lowest BCUT2D eigenvalue weighted by molar-refractivity contribution is 0.0335. The number of hydrogen-bond acceptors (Lipinski definition) is 5. The maximum absolute atomic E-state index is 11.9. The standard InChI is InChI=1S/C13H24N4O3/c1-13(20,9-15(2)3)8-14-6-10-7-16(4)12(19)17(5)11(10)18/h7,14,20H,6,8-9H2,1-5H3. The molecule has 0 radical (unpaired) electrons. The van der Waals surface area contributed by atoms with Gasteiger partial charge < -0.3 is 19.9 Å². The van der Waals surface area contributed by atoms with Gasteiger partial charge in [-0.1, -0.05) is 0 Å². The van der Waals surface area contributed by atoms with E-state index in [2.05, 4.69) is 5.32 Å². The molecular weight excluding hydrogens is 260 g/mol. The summed E-state index contributed by atoms with van der Waals surface area (Å²) in [6.07, 6.45) is 1.53. The zero-order chi connectivity index (χ0) is 15.5. The average molecular weight is 284 g/mol. The minimum Gasteiger partial charge on any atom is -0.388 e. The van der Waals surface area contributed by atoms with Crippen LogP contribution in [0.2, 0.25) is 0 Å². The summed E-state index contributed by atoms with van der Waals surface area (Å²) in [5.74, 6) is 0. The van der Waals surface area contributed by atoms with E-state index in [-0.39, 0.29) is 11.2 Å². The highest BCUT2D eigenvalue weighted by molar-refractivity contribution is 5.05. The van der Waals surface area contributed by atoms with Gasteiger partial charge in [0.15, 0.2) is 0 Å². The van der Waals surface area contributed by atoms with Crippen LogP contribution in [-0.2, 0) is 20.6 Å². The fourth-order valence-corrected chi connectivity index (χ4v) is 2.21. The van der Waals surface area contributed by atoms with Crippen molar-refractivity contribution in [3.05, 3.63) is 32.6 Å². The SMILES string of the molecule is CN(C)CC(C)(O)CNCc1cn(C)c(=O)n(C)c1=O. The molecule has 1 aromatic heterocycles. The molecule has 20 heavy (non-hydrogen) atoms. The van der Waals surface area contributed by atoms with E-state index in [0.29, 0.717) is 25.2 Å². The van der Waals surface area contributed by atoms with Crippen LogP contribution in [-0.4, -0.2) is 51.9 Å². The number of rotatable bonds is 6. The molecule has 0 saturated carbocycles. The Morgan fingerprint density at radius 1 is 1.35 bits per heavy atom. The number of aliphatic hydroxyl groups is 1. The van der Waals surface area contributed by atoms with E-state index in [9.17, 15) is 14.7 Å².